The van der Waals surface area contributed by atoms with Crippen LogP contribution in [0, 0.1) is 0 Å². The van der Waals surface area contributed by atoms with E-state index in [2.05, 4.69) is 5.32 Å². The molecule has 0 bridgehead atoms. The maximum Gasteiger partial charge on any atom is 0.250 e. The highest BCUT2D eigenvalue weighted by molar-refractivity contribution is 5.99. The van der Waals surface area contributed by atoms with Gasteiger partial charge in [-0.15, -0.1) is 0 Å². The number of hydrogen-bond acceptors (Lipinski definition) is 4. The van der Waals surface area contributed by atoms with E-state index in [0.29, 0.717) is 16.9 Å². The van der Waals surface area contributed by atoms with Crippen LogP contribution in [0.1, 0.15) is 10.4 Å². The molecule has 5 N–H and O–H groups in total. The lowest BCUT2D eigenvalue weighted by Crippen LogP contribution is -2.13. The van der Waals surface area contributed by atoms with Crippen LogP contribution in [0.15, 0.2) is 42.5 Å². The van der Waals surface area contributed by atoms with Crippen molar-refractivity contribution in [2.75, 3.05) is 18.2 Å². The lowest BCUT2D eigenvalue weighted by atomic mass is 10.1. The molecule has 2 rings (SSSR count). The third kappa shape index (κ3) is 2.95. The Morgan fingerprint density at radius 2 is 2.00 bits per heavy atom. The number of carbonyl (C=O) groups is 1. The first kappa shape index (κ1) is 12.8. The number of nitrogens with one attached hydrogen (secondary N) is 1. The fraction of sp³-hybridized carbons (Fsp3) is 0.0714. The molecule has 0 saturated carbocycles. The highest BCUT2D eigenvalue weighted by Crippen LogP contribution is 2.25. The smallest absolute Gasteiger partial charge is 0.250 e. The van der Waals surface area contributed by atoms with Gasteiger partial charge in [-0.2, -0.15) is 0 Å². The van der Waals surface area contributed by atoms with Crippen molar-refractivity contribution < 1.29 is 9.53 Å². The average molecular weight is 257 g/mol. The van der Waals surface area contributed by atoms with Gasteiger partial charge in [-0.05, 0) is 30.3 Å². The van der Waals surface area contributed by atoms with Crippen LogP contribution in [0.25, 0.3) is 0 Å². The van der Waals surface area contributed by atoms with Crippen molar-refractivity contribution in [2.24, 2.45) is 5.73 Å². The van der Waals surface area contributed by atoms with E-state index in [1.807, 2.05) is 24.3 Å². The van der Waals surface area contributed by atoms with E-state index >= 15 is 0 Å². The van der Waals surface area contributed by atoms with Crippen molar-refractivity contribution in [3.63, 3.8) is 0 Å². The SMILES string of the molecule is COc1cccc(Nc2cc(N)ccc2C(N)=O)c1. The molecule has 0 aliphatic rings. The molecular weight excluding hydrogens is 242 g/mol. The maximum atomic E-state index is 11.4. The normalized spacial score (nSPS) is 9.95. The second kappa shape index (κ2) is 5.30. The zero-order valence-corrected chi connectivity index (χ0v) is 10.5. The standard InChI is InChI=1S/C14H15N3O2/c1-19-11-4-2-3-10(8-11)17-13-7-9(15)5-6-12(13)14(16)18/h2-8,17H,15H2,1H3,(H2,16,18). The van der Waals surface area contributed by atoms with E-state index in [1.165, 1.54) is 0 Å². The number of rotatable bonds is 4. The van der Waals surface area contributed by atoms with Gasteiger partial charge in [0.2, 0.25) is 0 Å². The summed E-state index contributed by atoms with van der Waals surface area (Å²) in [6, 6.07) is 12.2. The number of nitrogen functional groups attached to an aromatic ring is 1. The van der Waals surface area contributed by atoms with Gasteiger partial charge in [0.25, 0.3) is 5.91 Å². The van der Waals surface area contributed by atoms with Crippen molar-refractivity contribution >= 4 is 23.0 Å². The summed E-state index contributed by atoms with van der Waals surface area (Å²) in [7, 11) is 1.59. The van der Waals surface area contributed by atoms with Crippen LogP contribution in [-0.2, 0) is 0 Å². The lowest BCUT2D eigenvalue weighted by Gasteiger charge is -2.11. The number of ether oxygens (including phenoxy) is 1. The quantitative estimate of drug-likeness (QED) is 0.732. The molecule has 0 spiro atoms. The van der Waals surface area contributed by atoms with Gasteiger partial charge in [0, 0.05) is 17.4 Å². The van der Waals surface area contributed by atoms with Gasteiger partial charge in [0.05, 0.1) is 18.4 Å². The summed E-state index contributed by atoms with van der Waals surface area (Å²) in [4.78, 5) is 11.4. The molecule has 19 heavy (non-hydrogen) atoms. The van der Waals surface area contributed by atoms with Crippen LogP contribution in [0.3, 0.4) is 0 Å². The van der Waals surface area contributed by atoms with Crippen molar-refractivity contribution in [3.8, 4) is 5.75 Å². The number of methoxy groups -OCH3 is 1. The highest BCUT2D eigenvalue weighted by atomic mass is 16.5. The van der Waals surface area contributed by atoms with Crippen LogP contribution >= 0.6 is 0 Å². The summed E-state index contributed by atoms with van der Waals surface area (Å²) in [6.07, 6.45) is 0. The highest BCUT2D eigenvalue weighted by Gasteiger charge is 2.09. The zero-order chi connectivity index (χ0) is 13.8. The van der Waals surface area contributed by atoms with Crippen LogP contribution < -0.4 is 21.5 Å². The molecule has 0 heterocycles. The molecule has 2 aromatic carbocycles. The van der Waals surface area contributed by atoms with Gasteiger partial charge >= 0.3 is 0 Å². The second-order valence-electron chi connectivity index (χ2n) is 4.03. The van der Waals surface area contributed by atoms with Crippen LogP contribution in [-0.4, -0.2) is 13.0 Å². The first-order chi connectivity index (χ1) is 9.10. The monoisotopic (exact) mass is 257 g/mol. The van der Waals surface area contributed by atoms with E-state index < -0.39 is 5.91 Å². The van der Waals surface area contributed by atoms with Gasteiger partial charge in [-0.25, -0.2) is 0 Å². The molecule has 0 unspecified atom stereocenters. The largest absolute Gasteiger partial charge is 0.497 e. The molecule has 0 fully saturated rings. The molecule has 0 aliphatic carbocycles. The first-order valence-electron chi connectivity index (χ1n) is 5.70. The lowest BCUT2D eigenvalue weighted by molar-refractivity contribution is 0.100. The molecule has 5 heteroatoms. The molecule has 0 aromatic heterocycles. The number of amides is 1. The van der Waals surface area contributed by atoms with Crippen LogP contribution in [0.5, 0.6) is 5.75 Å². The molecule has 0 aliphatic heterocycles. The number of nitrogens with two attached hydrogens (primary N) is 2. The molecule has 0 saturated heterocycles. The molecule has 2 aromatic rings. The van der Waals surface area contributed by atoms with E-state index in [1.54, 1.807) is 25.3 Å². The van der Waals surface area contributed by atoms with Gasteiger partial charge in [0.1, 0.15) is 5.75 Å². The van der Waals surface area contributed by atoms with Crippen molar-refractivity contribution in [1.82, 2.24) is 0 Å². The fourth-order valence-electron chi connectivity index (χ4n) is 1.74. The summed E-state index contributed by atoms with van der Waals surface area (Å²) >= 11 is 0. The summed E-state index contributed by atoms with van der Waals surface area (Å²) < 4.78 is 5.14. The van der Waals surface area contributed by atoms with E-state index in [-0.39, 0.29) is 0 Å². The Morgan fingerprint density at radius 1 is 1.21 bits per heavy atom. The van der Waals surface area contributed by atoms with E-state index in [0.717, 1.165) is 11.4 Å². The second-order valence-corrected chi connectivity index (χ2v) is 4.03. The summed E-state index contributed by atoms with van der Waals surface area (Å²) in [5.41, 5.74) is 13.3. The minimum Gasteiger partial charge on any atom is -0.497 e. The van der Waals surface area contributed by atoms with Gasteiger partial charge in [-0.3, -0.25) is 4.79 Å². The molecule has 0 atom stereocenters. The Labute approximate surface area is 111 Å². The van der Waals surface area contributed by atoms with Gasteiger partial charge in [-0.1, -0.05) is 6.07 Å². The summed E-state index contributed by atoms with van der Waals surface area (Å²) in [5, 5.41) is 3.11. The Kier molecular flexibility index (Phi) is 3.56. The number of carbonyl (C=O) groups excluding carboxylic acids is 1. The number of benzene rings is 2. The Balaban J connectivity index is 2.36. The minimum absolute atomic E-state index is 0.386. The van der Waals surface area contributed by atoms with Crippen LogP contribution in [0.4, 0.5) is 17.1 Å². The molecular formula is C14H15N3O2. The summed E-state index contributed by atoms with van der Waals surface area (Å²) in [5.74, 6) is 0.208. The van der Waals surface area contributed by atoms with Gasteiger partial charge in [0.15, 0.2) is 0 Å². The van der Waals surface area contributed by atoms with Crippen molar-refractivity contribution in [3.05, 3.63) is 48.0 Å². The van der Waals surface area contributed by atoms with E-state index in [9.17, 15) is 4.79 Å². The maximum absolute atomic E-state index is 11.4. The molecule has 0 radical (unpaired) electrons. The number of anilines is 3. The average Bonchev–Trinajstić information content (AvgIpc) is 2.38. The number of hydrogen-bond donors (Lipinski definition) is 3. The third-order valence-electron chi connectivity index (χ3n) is 2.66. The van der Waals surface area contributed by atoms with Crippen molar-refractivity contribution in [2.45, 2.75) is 0 Å². The first-order valence-corrected chi connectivity index (χ1v) is 5.70. The predicted molar refractivity (Wildman–Crippen MR) is 75.6 cm³/mol. The Bertz CT molecular complexity index is 611. The Hall–Kier alpha value is -2.69. The molecule has 1 amide bonds. The number of primary amides is 1. The third-order valence-corrected chi connectivity index (χ3v) is 2.66. The van der Waals surface area contributed by atoms with Gasteiger partial charge < -0.3 is 21.5 Å². The minimum atomic E-state index is -0.509. The predicted octanol–water partition coefficient (Wildman–Crippen LogP) is 2.12. The molecule has 5 nitrogen and oxygen atoms in total. The van der Waals surface area contributed by atoms with Crippen LogP contribution in [0.2, 0.25) is 0 Å². The Morgan fingerprint density at radius 3 is 2.68 bits per heavy atom. The fourth-order valence-corrected chi connectivity index (χ4v) is 1.74. The summed E-state index contributed by atoms with van der Waals surface area (Å²) in [6.45, 7) is 0. The molecule has 98 valence electrons. The van der Waals surface area contributed by atoms with Crippen molar-refractivity contribution in [1.29, 1.82) is 0 Å². The zero-order valence-electron chi connectivity index (χ0n) is 10.5. The topological polar surface area (TPSA) is 90.4 Å². The van der Waals surface area contributed by atoms with E-state index in [4.69, 9.17) is 16.2 Å².